The zero-order valence-corrected chi connectivity index (χ0v) is 10.9. The topological polar surface area (TPSA) is 85.1 Å². The highest BCUT2D eigenvalue weighted by atomic mass is 32.2. The van der Waals surface area contributed by atoms with Crippen molar-refractivity contribution in [1.82, 2.24) is 15.5 Å². The van der Waals surface area contributed by atoms with Gasteiger partial charge in [-0.2, -0.15) is 0 Å². The van der Waals surface area contributed by atoms with Crippen molar-refractivity contribution in [2.24, 2.45) is 0 Å². The summed E-state index contributed by atoms with van der Waals surface area (Å²) in [5, 5.41) is 11.3. The standard InChI is InChI=1S/C11H17N3O3S/c15-18(16)6-4-8(7-18)11-14-13-10(17-11)3-5-12-9-1-2-9/h8-9,12H,1-7H2. The molecule has 0 amide bonds. The molecule has 2 aliphatic rings. The van der Waals surface area contributed by atoms with Gasteiger partial charge in [-0.25, -0.2) is 8.42 Å². The van der Waals surface area contributed by atoms with Gasteiger partial charge in [-0.15, -0.1) is 10.2 Å². The average molecular weight is 271 g/mol. The lowest BCUT2D eigenvalue weighted by molar-refractivity contribution is 0.421. The molecule has 6 nitrogen and oxygen atoms in total. The number of aromatic nitrogens is 2. The zero-order chi connectivity index (χ0) is 12.6. The molecule has 3 rings (SSSR count). The molecule has 1 atom stereocenters. The fourth-order valence-electron chi connectivity index (χ4n) is 2.19. The van der Waals surface area contributed by atoms with Gasteiger partial charge in [0.1, 0.15) is 0 Å². The third kappa shape index (κ3) is 2.89. The van der Waals surface area contributed by atoms with E-state index in [1.165, 1.54) is 12.8 Å². The normalized spacial score (nSPS) is 26.6. The molecule has 1 saturated carbocycles. The van der Waals surface area contributed by atoms with Crippen LogP contribution in [0.1, 0.15) is 37.0 Å². The molecule has 1 aromatic rings. The molecule has 1 saturated heterocycles. The van der Waals surface area contributed by atoms with Crippen LogP contribution in [-0.2, 0) is 16.3 Å². The lowest BCUT2D eigenvalue weighted by Gasteiger charge is -2.00. The molecule has 18 heavy (non-hydrogen) atoms. The van der Waals surface area contributed by atoms with Gasteiger partial charge in [-0.3, -0.25) is 0 Å². The summed E-state index contributed by atoms with van der Waals surface area (Å²) in [6.07, 6.45) is 3.83. The second-order valence-corrected chi connectivity index (χ2v) is 7.34. The first-order valence-electron chi connectivity index (χ1n) is 6.38. The van der Waals surface area contributed by atoms with Crippen molar-refractivity contribution in [2.45, 2.75) is 37.6 Å². The highest BCUT2D eigenvalue weighted by Gasteiger charge is 2.32. The Bertz CT molecular complexity index is 521. The van der Waals surface area contributed by atoms with Gasteiger partial charge in [-0.1, -0.05) is 0 Å². The van der Waals surface area contributed by atoms with E-state index in [1.54, 1.807) is 0 Å². The lowest BCUT2D eigenvalue weighted by Crippen LogP contribution is -2.19. The molecule has 1 aromatic heterocycles. The van der Waals surface area contributed by atoms with E-state index in [4.69, 9.17) is 4.42 Å². The quantitative estimate of drug-likeness (QED) is 0.827. The van der Waals surface area contributed by atoms with Gasteiger partial charge in [-0.05, 0) is 19.3 Å². The molecule has 1 aliphatic carbocycles. The van der Waals surface area contributed by atoms with Crippen molar-refractivity contribution in [3.8, 4) is 0 Å². The van der Waals surface area contributed by atoms with Gasteiger partial charge >= 0.3 is 0 Å². The van der Waals surface area contributed by atoms with E-state index >= 15 is 0 Å². The summed E-state index contributed by atoms with van der Waals surface area (Å²) in [5.41, 5.74) is 0. The van der Waals surface area contributed by atoms with Gasteiger partial charge in [0.05, 0.1) is 17.4 Å². The maximum atomic E-state index is 11.4. The molecule has 1 aliphatic heterocycles. The van der Waals surface area contributed by atoms with Gasteiger partial charge in [0.2, 0.25) is 11.8 Å². The van der Waals surface area contributed by atoms with E-state index in [0.29, 0.717) is 30.7 Å². The number of rotatable bonds is 5. The Labute approximate surface area is 106 Å². The molecule has 0 bridgehead atoms. The fourth-order valence-corrected chi connectivity index (χ4v) is 3.93. The Morgan fingerprint density at radius 3 is 2.78 bits per heavy atom. The van der Waals surface area contributed by atoms with E-state index in [9.17, 15) is 8.42 Å². The van der Waals surface area contributed by atoms with Crippen molar-refractivity contribution >= 4 is 9.84 Å². The Morgan fingerprint density at radius 1 is 1.28 bits per heavy atom. The second kappa shape index (κ2) is 4.62. The number of hydrogen-bond donors (Lipinski definition) is 1. The Hall–Kier alpha value is -0.950. The predicted molar refractivity (Wildman–Crippen MR) is 65.0 cm³/mol. The second-order valence-electron chi connectivity index (χ2n) is 5.11. The van der Waals surface area contributed by atoms with Crippen LogP contribution < -0.4 is 5.32 Å². The summed E-state index contributed by atoms with van der Waals surface area (Å²) in [6, 6.07) is 0.673. The summed E-state index contributed by atoms with van der Waals surface area (Å²) in [4.78, 5) is 0. The summed E-state index contributed by atoms with van der Waals surface area (Å²) in [7, 11) is -2.89. The van der Waals surface area contributed by atoms with Crippen LogP contribution in [0, 0.1) is 0 Å². The zero-order valence-electron chi connectivity index (χ0n) is 10.1. The van der Waals surface area contributed by atoms with E-state index in [-0.39, 0.29) is 17.4 Å². The number of hydrogen-bond acceptors (Lipinski definition) is 6. The highest BCUT2D eigenvalue weighted by Crippen LogP contribution is 2.27. The first-order valence-corrected chi connectivity index (χ1v) is 8.20. The molecule has 0 aromatic carbocycles. The average Bonchev–Trinajstić information content (AvgIpc) is 2.88. The molecule has 1 unspecified atom stereocenters. The molecule has 1 N–H and O–H groups in total. The van der Waals surface area contributed by atoms with E-state index < -0.39 is 9.84 Å². The molecule has 100 valence electrons. The first kappa shape index (κ1) is 12.1. The van der Waals surface area contributed by atoms with Gasteiger partial charge in [0, 0.05) is 19.0 Å². The monoisotopic (exact) mass is 271 g/mol. The van der Waals surface area contributed by atoms with E-state index in [0.717, 1.165) is 6.54 Å². The largest absolute Gasteiger partial charge is 0.425 e. The Morgan fingerprint density at radius 2 is 2.11 bits per heavy atom. The maximum absolute atomic E-state index is 11.4. The van der Waals surface area contributed by atoms with Crippen molar-refractivity contribution in [3.05, 3.63) is 11.8 Å². The van der Waals surface area contributed by atoms with Crippen molar-refractivity contribution in [2.75, 3.05) is 18.1 Å². The molecule has 2 heterocycles. The van der Waals surface area contributed by atoms with Crippen molar-refractivity contribution < 1.29 is 12.8 Å². The number of nitrogens with zero attached hydrogens (tertiary/aromatic N) is 2. The van der Waals surface area contributed by atoms with Crippen LogP contribution in [0.4, 0.5) is 0 Å². The van der Waals surface area contributed by atoms with Crippen molar-refractivity contribution in [3.63, 3.8) is 0 Å². The SMILES string of the molecule is O=S1(=O)CCC(c2nnc(CCNC3CC3)o2)C1. The summed E-state index contributed by atoms with van der Waals surface area (Å²) >= 11 is 0. The van der Waals surface area contributed by atoms with Crippen LogP contribution in [0.3, 0.4) is 0 Å². The molecule has 2 fully saturated rings. The minimum Gasteiger partial charge on any atom is -0.425 e. The smallest absolute Gasteiger partial charge is 0.220 e. The fraction of sp³-hybridized carbons (Fsp3) is 0.818. The van der Waals surface area contributed by atoms with Crippen LogP contribution in [0.15, 0.2) is 4.42 Å². The summed E-state index contributed by atoms with van der Waals surface area (Å²) in [6.45, 7) is 0.843. The van der Waals surface area contributed by atoms with Gasteiger partial charge in [0.25, 0.3) is 0 Å². The Kier molecular flexibility index (Phi) is 3.11. The van der Waals surface area contributed by atoms with E-state index in [2.05, 4.69) is 15.5 Å². The predicted octanol–water partition coefficient (Wildman–Crippen LogP) is 0.266. The summed E-state index contributed by atoms with van der Waals surface area (Å²) < 4.78 is 28.3. The third-order valence-corrected chi connectivity index (χ3v) is 5.18. The number of nitrogens with one attached hydrogen (secondary N) is 1. The minimum atomic E-state index is -2.89. The van der Waals surface area contributed by atoms with Crippen LogP contribution in [0.5, 0.6) is 0 Å². The lowest BCUT2D eigenvalue weighted by atomic mass is 10.1. The van der Waals surface area contributed by atoms with Crippen LogP contribution in [0.25, 0.3) is 0 Å². The van der Waals surface area contributed by atoms with Crippen LogP contribution in [-0.4, -0.2) is 42.7 Å². The highest BCUT2D eigenvalue weighted by molar-refractivity contribution is 7.91. The van der Waals surface area contributed by atoms with Gasteiger partial charge < -0.3 is 9.73 Å². The molecule has 0 spiro atoms. The third-order valence-electron chi connectivity index (χ3n) is 3.41. The van der Waals surface area contributed by atoms with Crippen LogP contribution >= 0.6 is 0 Å². The maximum Gasteiger partial charge on any atom is 0.220 e. The Balaban J connectivity index is 1.55. The minimum absolute atomic E-state index is 0.104. The number of sulfone groups is 1. The summed E-state index contributed by atoms with van der Waals surface area (Å²) in [5.74, 6) is 1.36. The van der Waals surface area contributed by atoms with E-state index in [1.807, 2.05) is 0 Å². The van der Waals surface area contributed by atoms with Crippen molar-refractivity contribution in [1.29, 1.82) is 0 Å². The molecular weight excluding hydrogens is 254 g/mol. The molecule has 0 radical (unpaired) electrons. The molecular formula is C11H17N3O3S. The first-order chi connectivity index (χ1) is 8.62. The molecule has 7 heteroatoms. The van der Waals surface area contributed by atoms with Crippen LogP contribution in [0.2, 0.25) is 0 Å². The van der Waals surface area contributed by atoms with Gasteiger partial charge in [0.15, 0.2) is 9.84 Å².